The first-order valence-corrected chi connectivity index (χ1v) is 14.0. The molecule has 6 heteroatoms. The third kappa shape index (κ3) is 4.81. The first kappa shape index (κ1) is 24.0. The summed E-state index contributed by atoms with van der Waals surface area (Å²) >= 11 is 0. The lowest BCUT2D eigenvalue weighted by Gasteiger charge is -2.41. The first-order chi connectivity index (χ1) is 19.1. The number of aromatic amines is 1. The van der Waals surface area contributed by atoms with E-state index in [4.69, 9.17) is 4.74 Å². The highest BCUT2D eigenvalue weighted by atomic mass is 16.5. The Morgan fingerprint density at radius 1 is 0.923 bits per heavy atom. The molecule has 0 radical (unpaired) electrons. The van der Waals surface area contributed by atoms with Gasteiger partial charge in [-0.15, -0.1) is 0 Å². The molecule has 1 saturated heterocycles. The summed E-state index contributed by atoms with van der Waals surface area (Å²) in [7, 11) is 1.66. The maximum absolute atomic E-state index is 13.7. The van der Waals surface area contributed by atoms with Crippen LogP contribution in [0.1, 0.15) is 40.5 Å². The van der Waals surface area contributed by atoms with E-state index in [2.05, 4.69) is 75.2 Å². The van der Waals surface area contributed by atoms with E-state index >= 15 is 0 Å². The minimum atomic E-state index is 0.0616. The Labute approximate surface area is 228 Å². The van der Waals surface area contributed by atoms with Crippen LogP contribution >= 0.6 is 0 Å². The number of methoxy groups -OCH3 is 1. The zero-order valence-electron chi connectivity index (χ0n) is 22.3. The molecule has 2 fully saturated rings. The van der Waals surface area contributed by atoms with Gasteiger partial charge in [0, 0.05) is 60.9 Å². The minimum absolute atomic E-state index is 0.0616. The zero-order chi connectivity index (χ0) is 26.3. The van der Waals surface area contributed by atoms with Crippen LogP contribution in [-0.4, -0.2) is 58.0 Å². The van der Waals surface area contributed by atoms with E-state index in [1.54, 1.807) is 7.11 Å². The molecule has 5 aromatic rings. The van der Waals surface area contributed by atoms with Crippen molar-refractivity contribution in [3.05, 3.63) is 102 Å². The van der Waals surface area contributed by atoms with Crippen molar-refractivity contribution in [1.82, 2.24) is 19.4 Å². The Morgan fingerprint density at radius 2 is 1.79 bits per heavy atom. The number of rotatable bonds is 7. The Bertz CT molecular complexity index is 1630. The molecule has 0 bridgehead atoms. The molecule has 0 spiro atoms. The van der Waals surface area contributed by atoms with Gasteiger partial charge in [-0.2, -0.15) is 0 Å². The molecule has 3 heterocycles. The lowest BCUT2D eigenvalue weighted by molar-refractivity contribution is 0.0455. The number of hydrogen-bond donors (Lipinski definition) is 1. The fraction of sp³-hybridized carbons (Fsp3) is 0.303. The van der Waals surface area contributed by atoms with E-state index in [1.165, 1.54) is 34.9 Å². The maximum atomic E-state index is 13.7. The summed E-state index contributed by atoms with van der Waals surface area (Å²) in [6.45, 7) is 3.15. The molecule has 2 aliphatic rings. The van der Waals surface area contributed by atoms with Crippen LogP contribution in [0.4, 0.5) is 0 Å². The second-order valence-corrected chi connectivity index (χ2v) is 11.0. The average Bonchev–Trinajstić information content (AvgIpc) is 3.58. The molecule has 7 rings (SSSR count). The Kier molecular flexibility index (Phi) is 6.12. The summed E-state index contributed by atoms with van der Waals surface area (Å²) in [5, 5.41) is 2.31. The second-order valence-electron chi connectivity index (χ2n) is 11.0. The third-order valence-corrected chi connectivity index (χ3v) is 8.38. The fourth-order valence-corrected chi connectivity index (χ4v) is 6.09. The van der Waals surface area contributed by atoms with Gasteiger partial charge in [-0.1, -0.05) is 42.5 Å². The lowest BCUT2D eigenvalue weighted by Crippen LogP contribution is -2.55. The van der Waals surface area contributed by atoms with Crippen LogP contribution < -0.4 is 4.74 Å². The van der Waals surface area contributed by atoms with Crippen LogP contribution in [-0.2, 0) is 13.0 Å². The predicted molar refractivity (Wildman–Crippen MR) is 155 cm³/mol. The van der Waals surface area contributed by atoms with E-state index in [1.807, 2.05) is 29.2 Å². The highest BCUT2D eigenvalue weighted by Gasteiger charge is 2.31. The second kappa shape index (κ2) is 9.93. The van der Waals surface area contributed by atoms with Gasteiger partial charge < -0.3 is 19.2 Å². The molecule has 0 unspecified atom stereocenters. The molecule has 1 saturated carbocycles. The van der Waals surface area contributed by atoms with E-state index in [0.717, 1.165) is 36.2 Å². The van der Waals surface area contributed by atoms with Crippen molar-refractivity contribution in [3.63, 3.8) is 0 Å². The van der Waals surface area contributed by atoms with Gasteiger partial charge in [0.2, 0.25) is 0 Å². The number of benzene rings is 3. The molecule has 1 atom stereocenters. The summed E-state index contributed by atoms with van der Waals surface area (Å²) in [6, 6.07) is 28.5. The van der Waals surface area contributed by atoms with Crippen molar-refractivity contribution in [2.75, 3.05) is 26.7 Å². The van der Waals surface area contributed by atoms with Gasteiger partial charge in [0.1, 0.15) is 11.4 Å². The van der Waals surface area contributed by atoms with Gasteiger partial charge in [0.05, 0.1) is 7.11 Å². The zero-order valence-corrected chi connectivity index (χ0v) is 22.3. The molecule has 2 aromatic heterocycles. The molecule has 1 aliphatic heterocycles. The van der Waals surface area contributed by atoms with E-state index in [0.29, 0.717) is 24.8 Å². The Balaban J connectivity index is 1.13. The fourth-order valence-electron chi connectivity index (χ4n) is 6.09. The topological polar surface area (TPSA) is 53.5 Å². The van der Waals surface area contributed by atoms with Gasteiger partial charge in [0.25, 0.3) is 5.91 Å². The van der Waals surface area contributed by atoms with E-state index in [-0.39, 0.29) is 11.9 Å². The van der Waals surface area contributed by atoms with Crippen LogP contribution in [0.15, 0.2) is 85.1 Å². The van der Waals surface area contributed by atoms with Crippen LogP contribution in [0.5, 0.6) is 5.75 Å². The third-order valence-electron chi connectivity index (χ3n) is 8.38. The lowest BCUT2D eigenvalue weighted by atomic mass is 10.0. The predicted octanol–water partition coefficient (Wildman–Crippen LogP) is 6.04. The number of fused-ring (bicyclic) bond motifs is 2. The summed E-state index contributed by atoms with van der Waals surface area (Å²) in [4.78, 5) is 21.6. The summed E-state index contributed by atoms with van der Waals surface area (Å²) in [6.07, 6.45) is 5.73. The van der Waals surface area contributed by atoms with Crippen molar-refractivity contribution >= 4 is 27.7 Å². The number of ether oxygens (including phenoxy) is 1. The standard InChI is InChI=1S/C33H34N4O2/c1-39-29-11-12-30-26(19-29)20-31(34-30)33(38)36-16-15-35(28(22-36)17-23-5-3-2-4-6-23)21-24-7-8-25-13-14-37(27-9-10-27)32(25)18-24/h2-8,11-14,18-20,27-28,34H,9-10,15-17,21-22H2,1H3/t28-/m0/s1. The first-order valence-electron chi connectivity index (χ1n) is 14.0. The summed E-state index contributed by atoms with van der Waals surface area (Å²) in [5.74, 6) is 0.853. The van der Waals surface area contributed by atoms with Crippen molar-refractivity contribution in [2.24, 2.45) is 0 Å². The van der Waals surface area contributed by atoms with Gasteiger partial charge >= 0.3 is 0 Å². The van der Waals surface area contributed by atoms with Crippen LogP contribution in [0.3, 0.4) is 0 Å². The monoisotopic (exact) mass is 518 g/mol. The Hall–Kier alpha value is -4.03. The summed E-state index contributed by atoms with van der Waals surface area (Å²) < 4.78 is 7.81. The van der Waals surface area contributed by atoms with E-state index < -0.39 is 0 Å². The average molecular weight is 519 g/mol. The smallest absolute Gasteiger partial charge is 0.270 e. The van der Waals surface area contributed by atoms with Crippen LogP contribution in [0, 0.1) is 0 Å². The highest BCUT2D eigenvalue weighted by Crippen LogP contribution is 2.38. The molecular weight excluding hydrogens is 484 g/mol. The number of nitrogens with zero attached hydrogens (tertiary/aromatic N) is 3. The number of hydrogen-bond acceptors (Lipinski definition) is 3. The molecule has 1 amide bonds. The van der Waals surface area contributed by atoms with Gasteiger partial charge in [-0.05, 0) is 72.2 Å². The molecule has 198 valence electrons. The molecular formula is C33H34N4O2. The van der Waals surface area contributed by atoms with Gasteiger partial charge in [-0.25, -0.2) is 0 Å². The van der Waals surface area contributed by atoms with Crippen LogP contribution in [0.2, 0.25) is 0 Å². The number of amides is 1. The van der Waals surface area contributed by atoms with Crippen molar-refractivity contribution < 1.29 is 9.53 Å². The van der Waals surface area contributed by atoms with Crippen LogP contribution in [0.25, 0.3) is 21.8 Å². The molecule has 3 aromatic carbocycles. The highest BCUT2D eigenvalue weighted by molar-refractivity contribution is 5.98. The van der Waals surface area contributed by atoms with E-state index in [9.17, 15) is 4.79 Å². The normalized spacial score (nSPS) is 18.2. The number of carbonyl (C=O) groups excluding carboxylic acids is 1. The SMILES string of the molecule is COc1ccc2[nH]c(C(=O)N3CCN(Cc4ccc5ccn(C6CC6)c5c4)[C@@H](Cc4ccccc4)C3)cc2c1. The number of piperazine rings is 1. The molecule has 6 nitrogen and oxygen atoms in total. The summed E-state index contributed by atoms with van der Waals surface area (Å²) in [5.41, 5.74) is 5.57. The quantitative estimate of drug-likeness (QED) is 0.286. The number of H-pyrrole nitrogens is 1. The van der Waals surface area contributed by atoms with Gasteiger partial charge in [0.15, 0.2) is 0 Å². The van der Waals surface area contributed by atoms with Gasteiger partial charge in [-0.3, -0.25) is 9.69 Å². The van der Waals surface area contributed by atoms with Crippen molar-refractivity contribution in [3.8, 4) is 5.75 Å². The van der Waals surface area contributed by atoms with Crippen molar-refractivity contribution in [2.45, 2.75) is 37.9 Å². The largest absolute Gasteiger partial charge is 0.497 e. The number of nitrogens with one attached hydrogen (secondary N) is 1. The Morgan fingerprint density at radius 3 is 2.62 bits per heavy atom. The maximum Gasteiger partial charge on any atom is 0.270 e. The molecule has 1 N–H and O–H groups in total. The van der Waals surface area contributed by atoms with Crippen molar-refractivity contribution in [1.29, 1.82) is 0 Å². The number of aromatic nitrogens is 2. The molecule has 39 heavy (non-hydrogen) atoms. The minimum Gasteiger partial charge on any atom is -0.497 e. The number of carbonyl (C=O) groups is 1. The molecule has 1 aliphatic carbocycles.